The van der Waals surface area contributed by atoms with E-state index < -0.39 is 8.07 Å². The van der Waals surface area contributed by atoms with Crippen molar-refractivity contribution in [3.63, 3.8) is 0 Å². The first-order chi connectivity index (χ1) is 23.9. The van der Waals surface area contributed by atoms with E-state index in [9.17, 15) is 0 Å². The van der Waals surface area contributed by atoms with Crippen LogP contribution in [-0.2, 0) is 0 Å². The second-order valence-electron chi connectivity index (χ2n) is 11.1. The SMILES string of the molecule is COc1cccc([Si]C[Si](C[Si]c2cccc(OC)c2OC)(C[Si]c2cccc(OC)c2OC)C[Si]c2cccc(OC)c2OC)c1OC. The zero-order valence-corrected chi connectivity index (χ0v) is 34.5. The smallest absolute Gasteiger partial charge is 0.160 e. The van der Waals surface area contributed by atoms with Gasteiger partial charge >= 0.3 is 0 Å². The summed E-state index contributed by atoms with van der Waals surface area (Å²) in [6.07, 6.45) is 0. The van der Waals surface area contributed by atoms with Crippen LogP contribution in [0.2, 0.25) is 22.7 Å². The molecule has 0 fully saturated rings. The average Bonchev–Trinajstić information content (AvgIpc) is 3.16. The molecule has 0 saturated carbocycles. The highest BCUT2D eigenvalue weighted by Gasteiger charge is 2.35. The first-order valence-electron chi connectivity index (χ1n) is 15.7. The second-order valence-corrected chi connectivity index (χ2v) is 23.3. The van der Waals surface area contributed by atoms with E-state index in [2.05, 4.69) is 48.5 Å². The Morgan fingerprint density at radius 3 is 0.755 bits per heavy atom. The van der Waals surface area contributed by atoms with Gasteiger partial charge in [-0.3, -0.25) is 0 Å². The van der Waals surface area contributed by atoms with E-state index in [1.54, 1.807) is 56.9 Å². The van der Waals surface area contributed by atoms with Crippen molar-refractivity contribution in [1.29, 1.82) is 0 Å². The maximum Gasteiger partial charge on any atom is 0.160 e. The van der Waals surface area contributed by atoms with E-state index in [1.165, 1.54) is 20.7 Å². The predicted octanol–water partition coefficient (Wildman–Crippen LogP) is 3.45. The molecule has 0 bridgehead atoms. The normalized spacial score (nSPS) is 11.1. The summed E-state index contributed by atoms with van der Waals surface area (Å²) in [5.41, 5.74) is 4.37. The molecule has 8 radical (unpaired) electrons. The third-order valence-electron chi connectivity index (χ3n) is 8.23. The Hall–Kier alpha value is -3.64. The van der Waals surface area contributed by atoms with E-state index in [0.717, 1.165) is 68.7 Å². The lowest BCUT2D eigenvalue weighted by atomic mass is 10.3. The quantitative estimate of drug-likeness (QED) is 0.128. The molecule has 0 atom stereocenters. The molecule has 0 spiro atoms. The molecule has 0 heterocycles. The maximum absolute atomic E-state index is 5.90. The summed E-state index contributed by atoms with van der Waals surface area (Å²) >= 11 is 0. The third kappa shape index (κ3) is 9.33. The van der Waals surface area contributed by atoms with E-state index in [4.69, 9.17) is 37.9 Å². The molecule has 256 valence electrons. The standard InChI is InChI=1S/C36H44O8Si5/c1-37-25-13-9-17-29(33(25)41-5)45-21-49(22-46-30-18-10-14-26(38-2)34(30)42-6,23-47-31-19-11-15-27(39-3)35(31)43-7)24-48-32-20-12-16-28(40-4)36(32)44-8/h9-20H,21-24H2,1-8H3. The van der Waals surface area contributed by atoms with Crippen LogP contribution in [0.5, 0.6) is 46.0 Å². The zero-order valence-electron chi connectivity index (χ0n) is 29.5. The summed E-state index contributed by atoms with van der Waals surface area (Å²) in [6.45, 7) is 0. The van der Waals surface area contributed by atoms with Crippen LogP contribution < -0.4 is 58.6 Å². The lowest BCUT2D eigenvalue weighted by molar-refractivity contribution is 0.357. The van der Waals surface area contributed by atoms with E-state index >= 15 is 0 Å². The van der Waals surface area contributed by atoms with Crippen LogP contribution in [-0.4, -0.2) is 103 Å². The van der Waals surface area contributed by atoms with Gasteiger partial charge in [-0.25, -0.2) is 0 Å². The van der Waals surface area contributed by atoms with Crippen molar-refractivity contribution in [1.82, 2.24) is 0 Å². The van der Waals surface area contributed by atoms with Crippen molar-refractivity contribution < 1.29 is 37.9 Å². The van der Waals surface area contributed by atoms with Crippen LogP contribution in [0, 0.1) is 0 Å². The highest BCUT2D eigenvalue weighted by Crippen LogP contribution is 2.31. The van der Waals surface area contributed by atoms with Gasteiger partial charge in [0.1, 0.15) is 0 Å². The number of benzene rings is 4. The predicted molar refractivity (Wildman–Crippen MR) is 205 cm³/mol. The van der Waals surface area contributed by atoms with Crippen molar-refractivity contribution in [2.24, 2.45) is 0 Å². The number of ether oxygens (including phenoxy) is 8. The third-order valence-corrected chi connectivity index (χ3v) is 26.2. The van der Waals surface area contributed by atoms with Crippen LogP contribution in [0.25, 0.3) is 0 Å². The summed E-state index contributed by atoms with van der Waals surface area (Å²) in [4.78, 5) is 0. The topological polar surface area (TPSA) is 73.8 Å². The number of methoxy groups -OCH3 is 8. The van der Waals surface area contributed by atoms with E-state index in [1.807, 2.05) is 24.3 Å². The van der Waals surface area contributed by atoms with Crippen LogP contribution in [0.1, 0.15) is 0 Å². The Morgan fingerprint density at radius 1 is 0.347 bits per heavy atom. The first kappa shape index (κ1) is 38.2. The molecule has 0 saturated heterocycles. The van der Waals surface area contributed by atoms with Crippen LogP contribution in [0.15, 0.2) is 72.8 Å². The van der Waals surface area contributed by atoms with Gasteiger partial charge in [0.15, 0.2) is 46.0 Å². The van der Waals surface area contributed by atoms with Crippen molar-refractivity contribution in [3.05, 3.63) is 72.8 Å². The van der Waals surface area contributed by atoms with Crippen LogP contribution >= 0.6 is 0 Å². The molecule has 4 rings (SSSR count). The van der Waals surface area contributed by atoms with Crippen LogP contribution in [0.3, 0.4) is 0 Å². The summed E-state index contributed by atoms with van der Waals surface area (Å²) in [5, 5.41) is 4.74. The molecule has 0 aliphatic heterocycles. The van der Waals surface area contributed by atoms with E-state index in [-0.39, 0.29) is 0 Å². The van der Waals surface area contributed by atoms with Gasteiger partial charge in [0.05, 0.1) is 95.0 Å². The number of hydrogen-bond donors (Lipinski definition) is 0. The molecule has 0 unspecified atom stereocenters. The molecule has 4 aromatic carbocycles. The van der Waals surface area contributed by atoms with E-state index in [0.29, 0.717) is 38.1 Å². The second kappa shape index (κ2) is 18.9. The number of para-hydroxylation sites is 4. The van der Waals surface area contributed by atoms with Crippen molar-refractivity contribution in [2.45, 2.75) is 22.7 Å². The van der Waals surface area contributed by atoms with Crippen molar-refractivity contribution in [2.75, 3.05) is 56.9 Å². The van der Waals surface area contributed by atoms with Gasteiger partial charge in [0, 0.05) is 8.07 Å². The largest absolute Gasteiger partial charge is 0.493 e. The zero-order chi connectivity index (χ0) is 35.2. The molecule has 13 heteroatoms. The molecule has 0 N–H and O–H groups in total. The Bertz CT molecular complexity index is 1410. The summed E-state index contributed by atoms with van der Waals surface area (Å²) in [7, 11) is 13.7. The fourth-order valence-corrected chi connectivity index (χ4v) is 26.8. The number of hydrogen-bond acceptors (Lipinski definition) is 8. The number of rotatable bonds is 20. The molecular weight excluding hydrogens is 701 g/mol. The summed E-state index contributed by atoms with van der Waals surface area (Å²) in [6, 6.07) is 24.8. The molecule has 4 aromatic rings. The Labute approximate surface area is 302 Å². The fraction of sp³-hybridized carbons (Fsp3) is 0.333. The van der Waals surface area contributed by atoms with Gasteiger partial charge in [0.25, 0.3) is 0 Å². The maximum atomic E-state index is 5.90. The van der Waals surface area contributed by atoms with Crippen LogP contribution in [0.4, 0.5) is 0 Å². The van der Waals surface area contributed by atoms with Crippen molar-refractivity contribution >= 4 is 66.9 Å². The lowest BCUT2D eigenvalue weighted by Crippen LogP contribution is -2.46. The van der Waals surface area contributed by atoms with Gasteiger partial charge < -0.3 is 37.9 Å². The highest BCUT2D eigenvalue weighted by atomic mass is 28.4. The first-order valence-corrected chi connectivity index (χ1v) is 23.4. The molecular formula is C36H44O8Si5. The molecule has 8 nitrogen and oxygen atoms in total. The minimum Gasteiger partial charge on any atom is -0.493 e. The minimum absolute atomic E-state index is 0.551. The van der Waals surface area contributed by atoms with Gasteiger partial charge in [0.2, 0.25) is 0 Å². The lowest BCUT2D eigenvalue weighted by Gasteiger charge is -2.33. The monoisotopic (exact) mass is 744 g/mol. The summed E-state index contributed by atoms with van der Waals surface area (Å²) in [5.74, 6) is 6.30. The average molecular weight is 745 g/mol. The van der Waals surface area contributed by atoms with Crippen molar-refractivity contribution in [3.8, 4) is 46.0 Å². The molecule has 0 aliphatic rings. The molecule has 0 amide bonds. The molecule has 0 aromatic heterocycles. The summed E-state index contributed by atoms with van der Waals surface area (Å²) < 4.78 is 46.3. The highest BCUT2D eigenvalue weighted by molar-refractivity contribution is 7.02. The minimum atomic E-state index is -2.12. The van der Waals surface area contributed by atoms with Gasteiger partial charge in [-0.2, -0.15) is 0 Å². The van der Waals surface area contributed by atoms with Gasteiger partial charge in [-0.1, -0.05) is 71.2 Å². The molecule has 0 aliphatic carbocycles. The Balaban J connectivity index is 1.80. The Kier molecular flexibility index (Phi) is 14.8. The van der Waals surface area contributed by atoms with Gasteiger partial charge in [-0.15, -0.1) is 0 Å². The fourth-order valence-electron chi connectivity index (χ4n) is 5.61. The Morgan fingerprint density at radius 2 is 0.571 bits per heavy atom. The van der Waals surface area contributed by atoms with Gasteiger partial charge in [-0.05, 0) is 45.0 Å². The molecule has 49 heavy (non-hydrogen) atoms.